The molecule has 27 heavy (non-hydrogen) atoms. The third kappa shape index (κ3) is 3.87. The Kier molecular flexibility index (Phi) is 5.04. The second-order valence-corrected chi connectivity index (χ2v) is 5.82. The van der Waals surface area contributed by atoms with E-state index >= 15 is 0 Å². The first-order valence-corrected chi connectivity index (χ1v) is 8.00. The Morgan fingerprint density at radius 1 is 1.22 bits per heavy atom. The first-order chi connectivity index (χ1) is 12.9. The fourth-order valence-electron chi connectivity index (χ4n) is 2.36. The minimum Gasteiger partial charge on any atom is -0.497 e. The van der Waals surface area contributed by atoms with Crippen molar-refractivity contribution < 1.29 is 19.4 Å². The number of ketones is 1. The van der Waals surface area contributed by atoms with Crippen LogP contribution in [0, 0.1) is 0 Å². The molecule has 0 radical (unpaired) electrons. The Morgan fingerprint density at radius 3 is 2.52 bits per heavy atom. The first kappa shape index (κ1) is 18.3. The zero-order chi connectivity index (χ0) is 19.6. The molecule has 10 heteroatoms. The van der Waals surface area contributed by atoms with Gasteiger partial charge in [-0.3, -0.25) is 14.2 Å². The quantitative estimate of drug-likeness (QED) is 0.504. The van der Waals surface area contributed by atoms with Gasteiger partial charge in [-0.05, 0) is 24.3 Å². The number of carbonyl (C=O) groups is 2. The fourth-order valence-corrected chi connectivity index (χ4v) is 2.50. The summed E-state index contributed by atoms with van der Waals surface area (Å²) in [6.45, 7) is -0.343. The van der Waals surface area contributed by atoms with Crippen molar-refractivity contribution in [1.82, 2.24) is 19.3 Å². The lowest BCUT2D eigenvalue weighted by molar-refractivity contribution is 0.0689. The van der Waals surface area contributed by atoms with Gasteiger partial charge in [0.2, 0.25) is 5.78 Å². The van der Waals surface area contributed by atoms with Crippen LogP contribution in [-0.4, -0.2) is 43.3 Å². The van der Waals surface area contributed by atoms with Crippen LogP contribution in [0.3, 0.4) is 0 Å². The largest absolute Gasteiger partial charge is 0.497 e. The standard InChI is InChI=1S/C17H13ClN4O5/c1-27-11-4-2-10(3-5-11)22-13(6-12(20-22)17(25)26)14(23)8-21-9-19-15(18)7-16(21)24/h2-7,9H,8H2,1H3,(H,25,26). The predicted octanol–water partition coefficient (Wildman–Crippen LogP) is 1.67. The fraction of sp³-hybridized carbons (Fsp3) is 0.118. The van der Waals surface area contributed by atoms with Crippen LogP contribution in [0.4, 0.5) is 0 Å². The van der Waals surface area contributed by atoms with E-state index in [0.29, 0.717) is 11.4 Å². The summed E-state index contributed by atoms with van der Waals surface area (Å²) < 4.78 is 7.36. The lowest BCUT2D eigenvalue weighted by atomic mass is 10.2. The third-order valence-corrected chi connectivity index (χ3v) is 3.90. The van der Waals surface area contributed by atoms with Gasteiger partial charge in [-0.25, -0.2) is 14.5 Å². The van der Waals surface area contributed by atoms with Gasteiger partial charge in [-0.15, -0.1) is 0 Å². The van der Waals surface area contributed by atoms with Gasteiger partial charge in [0.05, 0.1) is 25.7 Å². The first-order valence-electron chi connectivity index (χ1n) is 7.62. The summed E-state index contributed by atoms with van der Waals surface area (Å²) in [5.74, 6) is -1.20. The number of carboxylic acids is 1. The van der Waals surface area contributed by atoms with Crippen molar-refractivity contribution >= 4 is 23.4 Å². The van der Waals surface area contributed by atoms with E-state index in [9.17, 15) is 19.5 Å². The molecule has 0 unspecified atom stereocenters. The molecule has 2 aromatic heterocycles. The number of ether oxygens (including phenoxy) is 1. The van der Waals surface area contributed by atoms with Gasteiger partial charge in [-0.2, -0.15) is 5.10 Å². The van der Waals surface area contributed by atoms with Crippen molar-refractivity contribution in [3.8, 4) is 11.4 Å². The van der Waals surface area contributed by atoms with Crippen LogP contribution < -0.4 is 10.3 Å². The molecular weight excluding hydrogens is 376 g/mol. The normalized spacial score (nSPS) is 10.6. The van der Waals surface area contributed by atoms with E-state index < -0.39 is 17.3 Å². The number of Topliss-reactive ketones (excluding diaryl/α,β-unsaturated/α-hetero) is 1. The monoisotopic (exact) mass is 388 g/mol. The Bertz CT molecular complexity index is 1070. The van der Waals surface area contributed by atoms with Crippen molar-refractivity contribution in [2.24, 2.45) is 0 Å². The van der Waals surface area contributed by atoms with Crippen molar-refractivity contribution in [2.75, 3.05) is 7.11 Å². The topological polar surface area (TPSA) is 116 Å². The van der Waals surface area contributed by atoms with Crippen molar-refractivity contribution in [1.29, 1.82) is 0 Å². The summed E-state index contributed by atoms with van der Waals surface area (Å²) in [5, 5.41) is 13.2. The molecule has 0 saturated carbocycles. The molecule has 0 amide bonds. The van der Waals surface area contributed by atoms with Crippen LogP contribution in [0.2, 0.25) is 5.15 Å². The highest BCUT2D eigenvalue weighted by Gasteiger charge is 2.20. The van der Waals surface area contributed by atoms with E-state index in [4.69, 9.17) is 16.3 Å². The molecule has 138 valence electrons. The molecule has 0 aliphatic heterocycles. The van der Waals surface area contributed by atoms with Crippen molar-refractivity contribution in [3.05, 3.63) is 69.6 Å². The molecule has 0 saturated heterocycles. The molecule has 1 N–H and O–H groups in total. The van der Waals surface area contributed by atoms with Gasteiger partial charge in [0, 0.05) is 12.1 Å². The number of hydrogen-bond donors (Lipinski definition) is 1. The number of halogens is 1. The van der Waals surface area contributed by atoms with Crippen LogP contribution in [0.25, 0.3) is 5.69 Å². The van der Waals surface area contributed by atoms with E-state index in [1.54, 1.807) is 24.3 Å². The molecule has 0 aliphatic carbocycles. The van der Waals surface area contributed by atoms with Gasteiger partial charge in [0.1, 0.15) is 16.6 Å². The Hall–Kier alpha value is -3.46. The molecule has 0 spiro atoms. The number of hydrogen-bond acceptors (Lipinski definition) is 6. The number of rotatable bonds is 6. The molecule has 3 aromatic rings. The van der Waals surface area contributed by atoms with Gasteiger partial charge in [0.15, 0.2) is 5.69 Å². The highest BCUT2D eigenvalue weighted by atomic mass is 35.5. The summed E-state index contributed by atoms with van der Waals surface area (Å²) in [6, 6.07) is 8.80. The Balaban J connectivity index is 2.01. The zero-order valence-corrected chi connectivity index (χ0v) is 14.8. The van der Waals surface area contributed by atoms with Gasteiger partial charge < -0.3 is 9.84 Å². The maximum Gasteiger partial charge on any atom is 0.356 e. The van der Waals surface area contributed by atoms with E-state index in [-0.39, 0.29) is 23.1 Å². The van der Waals surface area contributed by atoms with Crippen LogP contribution in [0.5, 0.6) is 5.75 Å². The highest BCUT2D eigenvalue weighted by Crippen LogP contribution is 2.18. The van der Waals surface area contributed by atoms with E-state index in [1.807, 2.05) is 0 Å². The second-order valence-electron chi connectivity index (χ2n) is 5.43. The molecule has 0 aliphatic rings. The minimum absolute atomic E-state index is 0.0133. The average Bonchev–Trinajstić information content (AvgIpc) is 3.10. The second kappa shape index (κ2) is 7.42. The molecule has 9 nitrogen and oxygen atoms in total. The zero-order valence-electron chi connectivity index (χ0n) is 14.0. The molecule has 1 aromatic carbocycles. The average molecular weight is 389 g/mol. The Morgan fingerprint density at radius 2 is 1.93 bits per heavy atom. The van der Waals surface area contributed by atoms with Gasteiger partial charge >= 0.3 is 5.97 Å². The number of aromatic carboxylic acids is 1. The van der Waals surface area contributed by atoms with Crippen LogP contribution >= 0.6 is 11.6 Å². The maximum absolute atomic E-state index is 12.7. The van der Waals surface area contributed by atoms with E-state index in [2.05, 4.69) is 10.1 Å². The molecule has 0 fully saturated rings. The van der Waals surface area contributed by atoms with Crippen molar-refractivity contribution in [2.45, 2.75) is 6.54 Å². The molecular formula is C17H13ClN4O5. The lowest BCUT2D eigenvalue weighted by Crippen LogP contribution is -2.25. The van der Waals surface area contributed by atoms with Gasteiger partial charge in [0.25, 0.3) is 5.56 Å². The summed E-state index contributed by atoms with van der Waals surface area (Å²) in [5.41, 5.74) is -0.319. The summed E-state index contributed by atoms with van der Waals surface area (Å²) >= 11 is 5.64. The highest BCUT2D eigenvalue weighted by molar-refractivity contribution is 6.29. The number of carboxylic acid groups (broad SMARTS) is 1. The van der Waals surface area contributed by atoms with Crippen LogP contribution in [0.15, 0.2) is 47.5 Å². The van der Waals surface area contributed by atoms with Crippen molar-refractivity contribution in [3.63, 3.8) is 0 Å². The Labute approximate surface area is 157 Å². The molecule has 3 rings (SSSR count). The lowest BCUT2D eigenvalue weighted by Gasteiger charge is -2.08. The smallest absolute Gasteiger partial charge is 0.356 e. The van der Waals surface area contributed by atoms with Gasteiger partial charge in [-0.1, -0.05) is 11.6 Å². The number of methoxy groups -OCH3 is 1. The summed E-state index contributed by atoms with van der Waals surface area (Å²) in [6.07, 6.45) is 1.15. The van der Waals surface area contributed by atoms with E-state index in [1.165, 1.54) is 11.8 Å². The number of benzene rings is 1. The van der Waals surface area contributed by atoms with Crippen LogP contribution in [-0.2, 0) is 6.54 Å². The SMILES string of the molecule is COc1ccc(-n2nc(C(=O)O)cc2C(=O)Cn2cnc(Cl)cc2=O)cc1. The summed E-state index contributed by atoms with van der Waals surface area (Å²) in [4.78, 5) is 39.7. The number of nitrogens with zero attached hydrogens (tertiary/aromatic N) is 4. The predicted molar refractivity (Wildman–Crippen MR) is 94.9 cm³/mol. The molecule has 2 heterocycles. The number of carbonyl (C=O) groups excluding carboxylic acids is 1. The third-order valence-electron chi connectivity index (χ3n) is 3.69. The molecule has 0 atom stereocenters. The van der Waals surface area contributed by atoms with E-state index in [0.717, 1.165) is 23.0 Å². The maximum atomic E-state index is 12.7. The number of aromatic nitrogens is 4. The minimum atomic E-state index is -1.28. The summed E-state index contributed by atoms with van der Waals surface area (Å²) in [7, 11) is 1.51. The van der Waals surface area contributed by atoms with Crippen LogP contribution in [0.1, 0.15) is 21.0 Å². The molecule has 0 bridgehead atoms.